The van der Waals surface area contributed by atoms with E-state index in [-0.39, 0.29) is 24.4 Å². The minimum absolute atomic E-state index is 0.0208. The van der Waals surface area contributed by atoms with E-state index in [9.17, 15) is 9.59 Å². The van der Waals surface area contributed by atoms with Crippen LogP contribution in [0, 0.1) is 0 Å². The second-order valence-corrected chi connectivity index (χ2v) is 8.30. The van der Waals surface area contributed by atoms with Crippen molar-refractivity contribution in [1.29, 1.82) is 0 Å². The average Bonchev–Trinajstić information content (AvgIpc) is 3.22. The topological polar surface area (TPSA) is 71.1 Å². The van der Waals surface area contributed by atoms with Crippen molar-refractivity contribution >= 4 is 46.1 Å². The molecule has 2 aromatic rings. The normalized spacial score (nSPS) is 15.2. The standard InChI is InChI=1S/C16H18ClN3O2S2/c17-13-7-6-12(24-13)16-20-11(9-23-16)15(22)18-8-14(21)19-10-4-2-1-3-5-10/h6-7,9-10H,1-5,8H2,(H,18,22)(H,19,21). The molecule has 0 spiro atoms. The lowest BCUT2D eigenvalue weighted by molar-refractivity contribution is -0.121. The van der Waals surface area contributed by atoms with Crippen LogP contribution in [-0.4, -0.2) is 29.4 Å². The summed E-state index contributed by atoms with van der Waals surface area (Å²) < 4.78 is 0.686. The van der Waals surface area contributed by atoms with Gasteiger partial charge in [0.05, 0.1) is 15.8 Å². The summed E-state index contributed by atoms with van der Waals surface area (Å²) >= 11 is 8.72. The number of amides is 2. The molecule has 0 atom stereocenters. The number of thiophene rings is 1. The van der Waals surface area contributed by atoms with E-state index in [4.69, 9.17) is 11.6 Å². The van der Waals surface area contributed by atoms with Gasteiger partial charge in [0.25, 0.3) is 5.91 Å². The van der Waals surface area contributed by atoms with E-state index in [2.05, 4.69) is 15.6 Å². The van der Waals surface area contributed by atoms with Crippen LogP contribution in [0.5, 0.6) is 0 Å². The van der Waals surface area contributed by atoms with Gasteiger partial charge in [-0.05, 0) is 25.0 Å². The van der Waals surface area contributed by atoms with E-state index in [0.29, 0.717) is 10.0 Å². The second-order valence-electron chi connectivity index (χ2n) is 5.73. The van der Waals surface area contributed by atoms with Crippen LogP contribution in [0.3, 0.4) is 0 Å². The van der Waals surface area contributed by atoms with E-state index in [1.54, 1.807) is 11.4 Å². The third-order valence-corrected chi connectivity index (χ3v) is 6.14. The van der Waals surface area contributed by atoms with Gasteiger partial charge in [-0.3, -0.25) is 9.59 Å². The molecule has 2 N–H and O–H groups in total. The molecular weight excluding hydrogens is 366 g/mol. The Labute approximate surface area is 153 Å². The number of carbonyl (C=O) groups excluding carboxylic acids is 2. The lowest BCUT2D eigenvalue weighted by atomic mass is 9.95. The molecule has 0 saturated heterocycles. The number of hydrogen-bond donors (Lipinski definition) is 2. The monoisotopic (exact) mass is 383 g/mol. The predicted molar refractivity (Wildman–Crippen MR) is 97.8 cm³/mol. The van der Waals surface area contributed by atoms with Crippen molar-refractivity contribution in [1.82, 2.24) is 15.6 Å². The Morgan fingerprint density at radius 2 is 2.04 bits per heavy atom. The molecule has 8 heteroatoms. The van der Waals surface area contributed by atoms with E-state index < -0.39 is 0 Å². The molecule has 2 amide bonds. The van der Waals surface area contributed by atoms with Crippen molar-refractivity contribution in [2.45, 2.75) is 38.1 Å². The minimum atomic E-state index is -0.334. The summed E-state index contributed by atoms with van der Waals surface area (Å²) in [5.41, 5.74) is 0.324. The molecule has 1 aliphatic carbocycles. The summed E-state index contributed by atoms with van der Waals surface area (Å²) in [4.78, 5) is 29.3. The van der Waals surface area contributed by atoms with Gasteiger partial charge in [0.15, 0.2) is 0 Å². The van der Waals surface area contributed by atoms with Gasteiger partial charge in [-0.15, -0.1) is 22.7 Å². The van der Waals surface area contributed by atoms with Gasteiger partial charge in [0.1, 0.15) is 10.7 Å². The fourth-order valence-corrected chi connectivity index (χ4v) is 4.61. The molecule has 1 fully saturated rings. The summed E-state index contributed by atoms with van der Waals surface area (Å²) in [5.74, 6) is -0.477. The number of nitrogens with zero attached hydrogens (tertiary/aromatic N) is 1. The minimum Gasteiger partial charge on any atom is -0.352 e. The lowest BCUT2D eigenvalue weighted by Crippen LogP contribution is -2.42. The number of hydrogen-bond acceptors (Lipinski definition) is 5. The number of nitrogens with one attached hydrogen (secondary N) is 2. The van der Waals surface area contributed by atoms with Crippen molar-refractivity contribution in [2.75, 3.05) is 6.54 Å². The summed E-state index contributed by atoms with van der Waals surface area (Å²) in [6.07, 6.45) is 5.61. The Bertz CT molecular complexity index is 722. The van der Waals surface area contributed by atoms with Gasteiger partial charge >= 0.3 is 0 Å². The van der Waals surface area contributed by atoms with Gasteiger partial charge in [0, 0.05) is 11.4 Å². The molecule has 24 heavy (non-hydrogen) atoms. The molecule has 0 aliphatic heterocycles. The van der Waals surface area contributed by atoms with Crippen LogP contribution in [0.15, 0.2) is 17.5 Å². The number of rotatable bonds is 5. The summed E-state index contributed by atoms with van der Waals surface area (Å²) in [7, 11) is 0. The van der Waals surface area contributed by atoms with Crippen molar-refractivity contribution < 1.29 is 9.59 Å². The van der Waals surface area contributed by atoms with E-state index in [1.165, 1.54) is 29.1 Å². The Hall–Kier alpha value is -1.44. The summed E-state index contributed by atoms with van der Waals surface area (Å²) in [6.45, 7) is -0.0208. The number of halogens is 1. The zero-order valence-corrected chi connectivity index (χ0v) is 15.4. The van der Waals surface area contributed by atoms with Crippen molar-refractivity contribution in [3.8, 4) is 9.88 Å². The number of aromatic nitrogens is 1. The third-order valence-electron chi connectivity index (χ3n) is 3.90. The summed E-state index contributed by atoms with van der Waals surface area (Å²) in [6, 6.07) is 3.93. The van der Waals surface area contributed by atoms with Gasteiger partial charge in [-0.2, -0.15) is 0 Å². The smallest absolute Gasteiger partial charge is 0.271 e. The summed E-state index contributed by atoms with van der Waals surface area (Å²) in [5, 5.41) is 8.05. The van der Waals surface area contributed by atoms with Crippen LogP contribution in [0.2, 0.25) is 4.34 Å². The van der Waals surface area contributed by atoms with Crippen LogP contribution in [0.4, 0.5) is 0 Å². The molecule has 0 bridgehead atoms. The van der Waals surface area contributed by atoms with Crippen LogP contribution in [0.25, 0.3) is 9.88 Å². The van der Waals surface area contributed by atoms with Crippen molar-refractivity contribution in [3.63, 3.8) is 0 Å². The van der Waals surface area contributed by atoms with Gasteiger partial charge in [0.2, 0.25) is 5.91 Å². The van der Waals surface area contributed by atoms with E-state index in [0.717, 1.165) is 35.6 Å². The van der Waals surface area contributed by atoms with E-state index >= 15 is 0 Å². The first-order chi connectivity index (χ1) is 11.6. The average molecular weight is 384 g/mol. The van der Waals surface area contributed by atoms with Crippen LogP contribution in [0.1, 0.15) is 42.6 Å². The highest BCUT2D eigenvalue weighted by Crippen LogP contribution is 2.32. The van der Waals surface area contributed by atoms with Crippen LogP contribution in [-0.2, 0) is 4.79 Å². The first-order valence-corrected chi connectivity index (χ1v) is 9.98. The zero-order chi connectivity index (χ0) is 16.9. The zero-order valence-electron chi connectivity index (χ0n) is 13.0. The third kappa shape index (κ3) is 4.55. The Kier molecular flexibility index (Phi) is 5.86. The quantitative estimate of drug-likeness (QED) is 0.826. The number of carbonyl (C=O) groups is 2. The largest absolute Gasteiger partial charge is 0.352 e. The van der Waals surface area contributed by atoms with Gasteiger partial charge < -0.3 is 10.6 Å². The first kappa shape index (κ1) is 17.4. The maximum atomic E-state index is 12.1. The first-order valence-electron chi connectivity index (χ1n) is 7.90. The maximum absolute atomic E-state index is 12.1. The molecule has 2 heterocycles. The highest BCUT2D eigenvalue weighted by molar-refractivity contribution is 7.23. The Morgan fingerprint density at radius 1 is 1.25 bits per heavy atom. The molecule has 128 valence electrons. The number of thiazole rings is 1. The van der Waals surface area contributed by atoms with Crippen LogP contribution >= 0.6 is 34.3 Å². The van der Waals surface area contributed by atoms with Crippen LogP contribution < -0.4 is 10.6 Å². The fourth-order valence-electron chi connectivity index (χ4n) is 2.70. The van der Waals surface area contributed by atoms with Gasteiger partial charge in [-0.25, -0.2) is 4.98 Å². The lowest BCUT2D eigenvalue weighted by Gasteiger charge is -2.22. The molecular formula is C16H18ClN3O2S2. The Morgan fingerprint density at radius 3 is 2.75 bits per heavy atom. The molecule has 5 nitrogen and oxygen atoms in total. The van der Waals surface area contributed by atoms with E-state index in [1.807, 2.05) is 6.07 Å². The highest BCUT2D eigenvalue weighted by Gasteiger charge is 2.17. The fraction of sp³-hybridized carbons (Fsp3) is 0.438. The molecule has 0 radical (unpaired) electrons. The predicted octanol–water partition coefficient (Wildman–Crippen LogP) is 3.70. The van der Waals surface area contributed by atoms with Crippen molar-refractivity contribution in [3.05, 3.63) is 27.5 Å². The molecule has 2 aromatic heterocycles. The molecule has 0 unspecified atom stereocenters. The Balaban J connectivity index is 1.50. The maximum Gasteiger partial charge on any atom is 0.271 e. The molecule has 1 aliphatic rings. The molecule has 3 rings (SSSR count). The second kappa shape index (κ2) is 8.09. The molecule has 1 saturated carbocycles. The highest BCUT2D eigenvalue weighted by atomic mass is 35.5. The SMILES string of the molecule is O=C(CNC(=O)c1csc(-c2ccc(Cl)s2)n1)NC1CCCCC1. The van der Waals surface area contributed by atoms with Gasteiger partial charge in [-0.1, -0.05) is 30.9 Å². The van der Waals surface area contributed by atoms with Crippen molar-refractivity contribution in [2.24, 2.45) is 0 Å². The molecule has 0 aromatic carbocycles.